The highest BCUT2D eigenvalue weighted by Crippen LogP contribution is 2.15. The largest absolute Gasteiger partial charge is 0.381 e. The molecule has 1 aliphatic heterocycles. The van der Waals surface area contributed by atoms with Crippen LogP contribution in [0.5, 0.6) is 0 Å². The van der Waals surface area contributed by atoms with E-state index in [0.717, 1.165) is 56.5 Å². The zero-order valence-corrected chi connectivity index (χ0v) is 21.0. The third-order valence-electron chi connectivity index (χ3n) is 4.71. The first-order valence-electron chi connectivity index (χ1n) is 10.4. The Balaban J connectivity index is 0.00000320. The van der Waals surface area contributed by atoms with E-state index in [9.17, 15) is 0 Å². The maximum atomic E-state index is 6.04. The van der Waals surface area contributed by atoms with Crippen molar-refractivity contribution in [3.63, 3.8) is 0 Å². The minimum atomic E-state index is 0. The third kappa shape index (κ3) is 8.87. The van der Waals surface area contributed by atoms with Gasteiger partial charge in [-0.15, -0.1) is 35.3 Å². The van der Waals surface area contributed by atoms with Crippen molar-refractivity contribution >= 4 is 41.3 Å². The van der Waals surface area contributed by atoms with Crippen LogP contribution >= 0.6 is 35.3 Å². The number of aliphatic imine (C=N–C) groups is 1. The minimum Gasteiger partial charge on any atom is -0.381 e. The molecule has 0 radical (unpaired) electrons. The summed E-state index contributed by atoms with van der Waals surface area (Å²) in [5.74, 6) is 0.838. The molecule has 0 bridgehead atoms. The molecular weight excluding hydrogens is 511 g/mol. The molecule has 0 saturated carbocycles. The molecule has 1 aromatic heterocycles. The second-order valence-corrected chi connectivity index (χ2v) is 8.50. The number of aromatic nitrogens is 1. The Morgan fingerprint density at radius 3 is 2.80 bits per heavy atom. The average Bonchev–Trinajstić information content (AvgIpc) is 3.16. The van der Waals surface area contributed by atoms with E-state index in [1.165, 1.54) is 16.0 Å². The summed E-state index contributed by atoms with van der Waals surface area (Å²) in [4.78, 5) is 10.4. The van der Waals surface area contributed by atoms with E-state index in [1.54, 1.807) is 11.3 Å². The molecule has 6 nitrogen and oxygen atoms in total. The van der Waals surface area contributed by atoms with Gasteiger partial charge in [0, 0.05) is 43.8 Å². The fourth-order valence-corrected chi connectivity index (χ4v) is 3.98. The van der Waals surface area contributed by atoms with E-state index in [2.05, 4.69) is 53.7 Å². The van der Waals surface area contributed by atoms with Crippen molar-refractivity contribution in [2.75, 3.05) is 26.3 Å². The molecule has 2 aromatic rings. The predicted molar refractivity (Wildman–Crippen MR) is 134 cm³/mol. The summed E-state index contributed by atoms with van der Waals surface area (Å²) in [6, 6.07) is 8.50. The van der Waals surface area contributed by atoms with Gasteiger partial charge in [-0.2, -0.15) is 0 Å². The molecule has 0 unspecified atom stereocenters. The maximum absolute atomic E-state index is 6.04. The quantitative estimate of drug-likeness (QED) is 0.283. The molecule has 0 spiro atoms. The van der Waals surface area contributed by atoms with E-state index in [-0.39, 0.29) is 24.0 Å². The molecule has 2 N–H and O–H groups in total. The van der Waals surface area contributed by atoms with E-state index in [1.807, 2.05) is 6.20 Å². The lowest BCUT2D eigenvalue weighted by Crippen LogP contribution is -2.38. The minimum absolute atomic E-state index is 0. The van der Waals surface area contributed by atoms with Gasteiger partial charge < -0.3 is 20.1 Å². The molecule has 1 aliphatic rings. The highest BCUT2D eigenvalue weighted by Gasteiger charge is 2.14. The standard InChI is InChI=1S/C22H32N4O2S.HI/c1-3-23-22(24-10-7-21-25-14-17(2)29-21)26-15-18-5-4-6-19(13-18)16-28-20-8-11-27-12-9-20;/h4-6,13-14,20H,3,7-12,15-16H2,1-2H3,(H2,23,24,26);1H. The maximum Gasteiger partial charge on any atom is 0.191 e. The van der Waals surface area contributed by atoms with Gasteiger partial charge in [-0.1, -0.05) is 24.3 Å². The molecule has 0 atom stereocenters. The topological polar surface area (TPSA) is 67.8 Å². The highest BCUT2D eigenvalue weighted by molar-refractivity contribution is 14.0. The highest BCUT2D eigenvalue weighted by atomic mass is 127. The van der Waals surface area contributed by atoms with E-state index >= 15 is 0 Å². The lowest BCUT2D eigenvalue weighted by Gasteiger charge is -2.22. The number of nitrogens with one attached hydrogen (secondary N) is 2. The van der Waals surface area contributed by atoms with Gasteiger partial charge in [0.15, 0.2) is 5.96 Å². The Morgan fingerprint density at radius 2 is 2.07 bits per heavy atom. The zero-order chi connectivity index (χ0) is 20.3. The van der Waals surface area contributed by atoms with E-state index < -0.39 is 0 Å². The van der Waals surface area contributed by atoms with Gasteiger partial charge in [-0.25, -0.2) is 9.98 Å². The average molecular weight is 545 g/mol. The molecular formula is C22H33IN4O2S. The molecule has 1 aromatic carbocycles. The Hall–Kier alpha value is -1.23. The Bertz CT molecular complexity index is 778. The summed E-state index contributed by atoms with van der Waals surface area (Å²) in [5, 5.41) is 7.87. The van der Waals surface area contributed by atoms with Crippen LogP contribution in [0, 0.1) is 6.92 Å². The van der Waals surface area contributed by atoms with Crippen LogP contribution in [-0.2, 0) is 29.0 Å². The van der Waals surface area contributed by atoms with Gasteiger partial charge in [0.05, 0.1) is 24.3 Å². The number of hydrogen-bond donors (Lipinski definition) is 2. The van der Waals surface area contributed by atoms with Crippen LogP contribution in [0.15, 0.2) is 35.5 Å². The van der Waals surface area contributed by atoms with E-state index in [4.69, 9.17) is 14.5 Å². The van der Waals surface area contributed by atoms with E-state index in [0.29, 0.717) is 19.3 Å². The number of halogens is 1. The third-order valence-corrected chi connectivity index (χ3v) is 5.68. The van der Waals surface area contributed by atoms with Crippen molar-refractivity contribution in [1.29, 1.82) is 0 Å². The lowest BCUT2D eigenvalue weighted by atomic mass is 10.1. The molecule has 1 saturated heterocycles. The zero-order valence-electron chi connectivity index (χ0n) is 17.9. The number of thiazole rings is 1. The summed E-state index contributed by atoms with van der Waals surface area (Å²) < 4.78 is 11.4. The van der Waals surface area contributed by atoms with Crippen LogP contribution in [0.1, 0.15) is 40.8 Å². The second-order valence-electron chi connectivity index (χ2n) is 7.18. The van der Waals surface area contributed by atoms with Crippen LogP contribution in [-0.4, -0.2) is 43.4 Å². The van der Waals surface area contributed by atoms with Crippen LogP contribution in [0.4, 0.5) is 0 Å². The SMILES string of the molecule is CCNC(=NCc1cccc(COC2CCOCC2)c1)NCCc1ncc(C)s1.I. The first-order valence-corrected chi connectivity index (χ1v) is 11.2. The number of rotatable bonds is 9. The summed E-state index contributed by atoms with van der Waals surface area (Å²) in [6.07, 6.45) is 5.13. The fraction of sp³-hybridized carbons (Fsp3) is 0.545. The van der Waals surface area contributed by atoms with Crippen molar-refractivity contribution in [3.8, 4) is 0 Å². The number of hydrogen-bond acceptors (Lipinski definition) is 5. The first-order chi connectivity index (χ1) is 14.2. The molecule has 30 heavy (non-hydrogen) atoms. The van der Waals surface area contributed by atoms with Crippen LogP contribution < -0.4 is 10.6 Å². The lowest BCUT2D eigenvalue weighted by molar-refractivity contribution is -0.0390. The molecule has 1 fully saturated rings. The summed E-state index contributed by atoms with van der Waals surface area (Å²) in [7, 11) is 0. The van der Waals surface area contributed by atoms with Crippen molar-refractivity contribution in [3.05, 3.63) is 51.5 Å². The number of guanidine groups is 1. The molecule has 0 aliphatic carbocycles. The molecule has 3 rings (SSSR count). The van der Waals surface area contributed by atoms with Crippen LogP contribution in [0.2, 0.25) is 0 Å². The van der Waals surface area contributed by atoms with Gasteiger partial charge in [-0.05, 0) is 37.8 Å². The number of nitrogens with zero attached hydrogens (tertiary/aromatic N) is 2. The normalized spacial score (nSPS) is 14.9. The van der Waals surface area contributed by atoms with Gasteiger partial charge >= 0.3 is 0 Å². The van der Waals surface area contributed by atoms with Crippen molar-refractivity contribution < 1.29 is 9.47 Å². The van der Waals surface area contributed by atoms with Crippen molar-refractivity contribution in [2.24, 2.45) is 4.99 Å². The Labute approximate surface area is 200 Å². The number of ether oxygens (including phenoxy) is 2. The first kappa shape index (κ1) is 25.0. The summed E-state index contributed by atoms with van der Waals surface area (Å²) >= 11 is 1.75. The smallest absolute Gasteiger partial charge is 0.191 e. The molecule has 0 amide bonds. The summed E-state index contributed by atoms with van der Waals surface area (Å²) in [5.41, 5.74) is 2.38. The van der Waals surface area contributed by atoms with Gasteiger partial charge in [-0.3, -0.25) is 0 Å². The van der Waals surface area contributed by atoms with Crippen molar-refractivity contribution in [2.45, 2.75) is 52.4 Å². The van der Waals surface area contributed by atoms with Crippen molar-refractivity contribution in [1.82, 2.24) is 15.6 Å². The van der Waals surface area contributed by atoms with Crippen LogP contribution in [0.3, 0.4) is 0 Å². The number of benzene rings is 1. The van der Waals surface area contributed by atoms with Gasteiger partial charge in [0.2, 0.25) is 0 Å². The molecule has 8 heteroatoms. The molecule has 166 valence electrons. The summed E-state index contributed by atoms with van der Waals surface area (Å²) in [6.45, 7) is 8.71. The van der Waals surface area contributed by atoms with Gasteiger partial charge in [0.25, 0.3) is 0 Å². The fourth-order valence-electron chi connectivity index (χ4n) is 3.19. The Morgan fingerprint density at radius 1 is 1.27 bits per heavy atom. The monoisotopic (exact) mass is 544 g/mol. The number of aryl methyl sites for hydroxylation is 1. The predicted octanol–water partition coefficient (Wildman–Crippen LogP) is 4.06. The molecule has 2 heterocycles. The second kappa shape index (κ2) is 14.0. The Kier molecular flexibility index (Phi) is 11.6. The van der Waals surface area contributed by atoms with Gasteiger partial charge in [0.1, 0.15) is 0 Å². The van der Waals surface area contributed by atoms with Crippen LogP contribution in [0.25, 0.3) is 0 Å².